The van der Waals surface area contributed by atoms with Gasteiger partial charge in [0, 0.05) is 36.3 Å². The molecule has 0 bridgehead atoms. The maximum absolute atomic E-state index is 13.5. The van der Waals surface area contributed by atoms with Gasteiger partial charge in [-0.15, -0.1) is 0 Å². The van der Waals surface area contributed by atoms with E-state index in [1.54, 1.807) is 4.90 Å². The van der Waals surface area contributed by atoms with Crippen molar-refractivity contribution in [1.29, 1.82) is 0 Å². The van der Waals surface area contributed by atoms with Crippen LogP contribution in [0.5, 0.6) is 0 Å². The SMILES string of the molecule is O=C1CCCN1CN(C(=O)c1cccc(F)c1)c1ccc([N+](=O)[O-])cc1. The van der Waals surface area contributed by atoms with Gasteiger partial charge in [-0.3, -0.25) is 24.6 Å². The highest BCUT2D eigenvalue weighted by Gasteiger charge is 2.26. The number of nitro benzene ring substituents is 1. The molecule has 0 atom stereocenters. The van der Waals surface area contributed by atoms with E-state index < -0.39 is 16.6 Å². The van der Waals surface area contributed by atoms with Crippen molar-refractivity contribution in [1.82, 2.24) is 4.90 Å². The molecule has 1 saturated heterocycles. The van der Waals surface area contributed by atoms with Crippen molar-refractivity contribution in [3.63, 3.8) is 0 Å². The lowest BCUT2D eigenvalue weighted by Gasteiger charge is -2.28. The van der Waals surface area contributed by atoms with Crippen LogP contribution in [0.1, 0.15) is 23.2 Å². The fourth-order valence-corrected chi connectivity index (χ4v) is 2.82. The van der Waals surface area contributed by atoms with Gasteiger partial charge in [0.05, 0.1) is 4.92 Å². The van der Waals surface area contributed by atoms with Crippen LogP contribution in [-0.2, 0) is 4.79 Å². The third-order valence-corrected chi connectivity index (χ3v) is 4.17. The molecule has 0 aromatic heterocycles. The number of non-ortho nitro benzene ring substituents is 1. The van der Waals surface area contributed by atoms with E-state index >= 15 is 0 Å². The Labute approximate surface area is 148 Å². The number of benzene rings is 2. The van der Waals surface area contributed by atoms with E-state index in [0.29, 0.717) is 25.1 Å². The second-order valence-electron chi connectivity index (χ2n) is 5.92. The first-order valence-electron chi connectivity index (χ1n) is 8.05. The van der Waals surface area contributed by atoms with E-state index in [2.05, 4.69) is 0 Å². The Bertz CT molecular complexity index is 854. The minimum Gasteiger partial charge on any atom is -0.324 e. The molecule has 2 amide bonds. The van der Waals surface area contributed by atoms with Gasteiger partial charge in [0.1, 0.15) is 12.5 Å². The maximum Gasteiger partial charge on any atom is 0.269 e. The minimum atomic E-state index is -0.545. The number of nitrogens with zero attached hydrogens (tertiary/aromatic N) is 3. The van der Waals surface area contributed by atoms with Gasteiger partial charge in [-0.2, -0.15) is 0 Å². The van der Waals surface area contributed by atoms with Gasteiger partial charge in [0.25, 0.3) is 11.6 Å². The summed E-state index contributed by atoms with van der Waals surface area (Å²) in [5.41, 5.74) is 0.420. The number of carbonyl (C=O) groups is 2. The predicted octanol–water partition coefficient (Wildman–Crippen LogP) is 2.96. The van der Waals surface area contributed by atoms with Gasteiger partial charge in [-0.25, -0.2) is 4.39 Å². The van der Waals surface area contributed by atoms with Crippen LogP contribution >= 0.6 is 0 Å². The average Bonchev–Trinajstić information content (AvgIpc) is 3.04. The van der Waals surface area contributed by atoms with Crippen molar-refractivity contribution in [2.24, 2.45) is 0 Å². The second-order valence-corrected chi connectivity index (χ2v) is 5.92. The van der Waals surface area contributed by atoms with Crippen LogP contribution in [0.3, 0.4) is 0 Å². The Hall–Kier alpha value is -3.29. The highest BCUT2D eigenvalue weighted by atomic mass is 19.1. The van der Waals surface area contributed by atoms with E-state index in [-0.39, 0.29) is 23.8 Å². The molecule has 0 N–H and O–H groups in total. The van der Waals surface area contributed by atoms with Gasteiger partial charge in [0.2, 0.25) is 5.91 Å². The van der Waals surface area contributed by atoms with Gasteiger partial charge in [0.15, 0.2) is 0 Å². The Kier molecular flexibility index (Phi) is 4.92. The third kappa shape index (κ3) is 3.69. The van der Waals surface area contributed by atoms with Crippen LogP contribution in [0.4, 0.5) is 15.8 Å². The summed E-state index contributed by atoms with van der Waals surface area (Å²) < 4.78 is 13.5. The summed E-state index contributed by atoms with van der Waals surface area (Å²) in [6, 6.07) is 10.7. The number of amides is 2. The van der Waals surface area contributed by atoms with Gasteiger partial charge < -0.3 is 4.90 Å². The van der Waals surface area contributed by atoms with E-state index in [4.69, 9.17) is 0 Å². The molecule has 3 rings (SSSR count). The quantitative estimate of drug-likeness (QED) is 0.608. The third-order valence-electron chi connectivity index (χ3n) is 4.17. The number of rotatable bonds is 5. The largest absolute Gasteiger partial charge is 0.324 e. The fourth-order valence-electron chi connectivity index (χ4n) is 2.82. The molecule has 1 heterocycles. The zero-order chi connectivity index (χ0) is 18.7. The summed E-state index contributed by atoms with van der Waals surface area (Å²) in [6.45, 7) is 0.532. The second kappa shape index (κ2) is 7.30. The van der Waals surface area contributed by atoms with Crippen LogP contribution in [0.15, 0.2) is 48.5 Å². The summed E-state index contributed by atoms with van der Waals surface area (Å²) >= 11 is 0. The maximum atomic E-state index is 13.5. The molecule has 0 spiro atoms. The minimum absolute atomic E-state index is 0.00594. The van der Waals surface area contributed by atoms with Crippen LogP contribution in [0.2, 0.25) is 0 Å². The monoisotopic (exact) mass is 357 g/mol. The predicted molar refractivity (Wildman–Crippen MR) is 92.1 cm³/mol. The van der Waals surface area contributed by atoms with E-state index in [1.165, 1.54) is 47.4 Å². The Morgan fingerprint density at radius 1 is 1.23 bits per heavy atom. The molecule has 134 valence electrons. The molecule has 1 aliphatic rings. The number of hydrogen-bond donors (Lipinski definition) is 0. The molecule has 2 aromatic rings. The zero-order valence-electron chi connectivity index (χ0n) is 13.8. The Balaban J connectivity index is 1.94. The lowest BCUT2D eigenvalue weighted by Crippen LogP contribution is -2.42. The van der Waals surface area contributed by atoms with Crippen molar-refractivity contribution in [2.45, 2.75) is 12.8 Å². The molecule has 26 heavy (non-hydrogen) atoms. The van der Waals surface area contributed by atoms with Gasteiger partial charge >= 0.3 is 0 Å². The van der Waals surface area contributed by atoms with E-state index in [1.807, 2.05) is 0 Å². The first-order valence-corrected chi connectivity index (χ1v) is 8.05. The molecule has 1 aliphatic heterocycles. The first kappa shape index (κ1) is 17.5. The average molecular weight is 357 g/mol. The zero-order valence-corrected chi connectivity index (χ0v) is 13.8. The molecule has 0 saturated carbocycles. The van der Waals surface area contributed by atoms with Crippen LogP contribution < -0.4 is 4.90 Å². The number of halogens is 1. The summed E-state index contributed by atoms with van der Waals surface area (Å²) in [6.07, 6.45) is 1.13. The molecular weight excluding hydrogens is 341 g/mol. The van der Waals surface area contributed by atoms with E-state index in [9.17, 15) is 24.1 Å². The highest BCUT2D eigenvalue weighted by molar-refractivity contribution is 6.06. The summed E-state index contributed by atoms with van der Waals surface area (Å²) in [5, 5.41) is 10.8. The standard InChI is InChI=1S/C18H16FN3O4/c19-14-4-1-3-13(11-14)18(24)21(12-20-10-2-5-17(20)23)15-6-8-16(9-7-15)22(25)26/h1,3-4,6-9,11H,2,5,10,12H2. The fraction of sp³-hybridized carbons (Fsp3) is 0.222. The van der Waals surface area contributed by atoms with Gasteiger partial charge in [-0.05, 0) is 36.8 Å². The van der Waals surface area contributed by atoms with Crippen molar-refractivity contribution in [2.75, 3.05) is 18.1 Å². The summed E-state index contributed by atoms with van der Waals surface area (Å²) in [7, 11) is 0. The summed E-state index contributed by atoms with van der Waals surface area (Å²) in [5.74, 6) is -1.10. The number of nitro groups is 1. The molecular formula is C18H16FN3O4. The van der Waals surface area contributed by atoms with Crippen molar-refractivity contribution >= 4 is 23.2 Å². The molecule has 8 heteroatoms. The van der Waals surface area contributed by atoms with Crippen molar-refractivity contribution in [3.8, 4) is 0 Å². The number of anilines is 1. The first-order chi connectivity index (χ1) is 12.5. The lowest BCUT2D eigenvalue weighted by atomic mass is 10.1. The lowest BCUT2D eigenvalue weighted by molar-refractivity contribution is -0.384. The van der Waals surface area contributed by atoms with Crippen molar-refractivity contribution < 1.29 is 18.9 Å². The van der Waals surface area contributed by atoms with E-state index in [0.717, 1.165) is 6.07 Å². The highest BCUT2D eigenvalue weighted by Crippen LogP contribution is 2.23. The number of likely N-dealkylation sites (tertiary alicyclic amines) is 1. The van der Waals surface area contributed by atoms with Crippen LogP contribution in [-0.4, -0.2) is 34.9 Å². The van der Waals surface area contributed by atoms with Crippen LogP contribution in [0.25, 0.3) is 0 Å². The van der Waals surface area contributed by atoms with Crippen molar-refractivity contribution in [3.05, 3.63) is 70.0 Å². The Morgan fingerprint density at radius 2 is 1.96 bits per heavy atom. The van der Waals surface area contributed by atoms with Crippen LogP contribution in [0, 0.1) is 15.9 Å². The molecule has 7 nitrogen and oxygen atoms in total. The smallest absolute Gasteiger partial charge is 0.269 e. The topological polar surface area (TPSA) is 83.8 Å². The number of hydrogen-bond acceptors (Lipinski definition) is 4. The Morgan fingerprint density at radius 3 is 2.54 bits per heavy atom. The molecule has 0 radical (unpaired) electrons. The molecule has 2 aromatic carbocycles. The summed E-state index contributed by atoms with van der Waals surface area (Å²) in [4.78, 5) is 38.0. The molecule has 0 aliphatic carbocycles. The molecule has 1 fully saturated rings. The number of carbonyl (C=O) groups excluding carboxylic acids is 2. The molecule has 0 unspecified atom stereocenters. The normalized spacial score (nSPS) is 13.7. The van der Waals surface area contributed by atoms with Gasteiger partial charge in [-0.1, -0.05) is 6.07 Å².